The van der Waals surface area contributed by atoms with Crippen LogP contribution in [0.2, 0.25) is 0 Å². The number of nitrogens with one attached hydrogen (secondary N) is 1. The number of aliphatic hydroxyl groups excluding tert-OH is 1. The van der Waals surface area contributed by atoms with Crippen molar-refractivity contribution < 1.29 is 23.4 Å². The van der Waals surface area contributed by atoms with Gasteiger partial charge in [-0.2, -0.15) is 0 Å². The maximum atomic E-state index is 11.9. The maximum Gasteiger partial charge on any atom is 0.265 e. The summed E-state index contributed by atoms with van der Waals surface area (Å²) in [6.07, 6.45) is -3.39. The van der Waals surface area contributed by atoms with Gasteiger partial charge in [-0.1, -0.05) is 0 Å². The molecule has 0 radical (unpaired) electrons. The summed E-state index contributed by atoms with van der Waals surface area (Å²) in [6.45, 7) is 0.652. The fourth-order valence-electron chi connectivity index (χ4n) is 1.40. The number of amides is 1. The summed E-state index contributed by atoms with van der Waals surface area (Å²) in [5.41, 5.74) is 0. The van der Waals surface area contributed by atoms with Crippen LogP contribution >= 0.6 is 0 Å². The Kier molecular flexibility index (Phi) is 4.90. The first-order valence-corrected chi connectivity index (χ1v) is 4.93. The third kappa shape index (κ3) is 4.09. The molecule has 1 rings (SSSR count). The Morgan fingerprint density at radius 2 is 2.07 bits per heavy atom. The van der Waals surface area contributed by atoms with Gasteiger partial charge >= 0.3 is 0 Å². The van der Waals surface area contributed by atoms with Crippen molar-refractivity contribution in [3.8, 4) is 0 Å². The molecule has 1 aliphatic rings. The second-order valence-corrected chi connectivity index (χ2v) is 3.53. The quantitative estimate of drug-likeness (QED) is 0.713. The van der Waals surface area contributed by atoms with Crippen molar-refractivity contribution in [2.45, 2.75) is 25.4 Å². The molecule has 6 heteroatoms. The lowest BCUT2D eigenvalue weighted by atomic mass is 9.99. The molecule has 0 aromatic heterocycles. The van der Waals surface area contributed by atoms with E-state index in [4.69, 9.17) is 9.84 Å². The smallest absolute Gasteiger partial charge is 0.265 e. The van der Waals surface area contributed by atoms with E-state index in [-0.39, 0.29) is 11.8 Å². The molecule has 1 amide bonds. The minimum Gasteiger partial charge on any atom is -0.385 e. The third-order valence-corrected chi connectivity index (χ3v) is 2.37. The Morgan fingerprint density at radius 3 is 2.60 bits per heavy atom. The van der Waals surface area contributed by atoms with Gasteiger partial charge < -0.3 is 15.2 Å². The van der Waals surface area contributed by atoms with Crippen molar-refractivity contribution in [2.75, 3.05) is 19.8 Å². The van der Waals surface area contributed by atoms with E-state index in [0.717, 1.165) is 0 Å². The van der Waals surface area contributed by atoms with E-state index >= 15 is 0 Å². The Labute approximate surface area is 86.6 Å². The monoisotopic (exact) mass is 223 g/mol. The summed E-state index contributed by atoms with van der Waals surface area (Å²) in [6, 6.07) is 0. The van der Waals surface area contributed by atoms with E-state index in [1.54, 1.807) is 0 Å². The Bertz CT molecular complexity index is 208. The molecule has 0 aromatic carbocycles. The molecule has 1 saturated heterocycles. The van der Waals surface area contributed by atoms with Crippen LogP contribution in [0.25, 0.3) is 0 Å². The van der Waals surface area contributed by atoms with Crippen molar-refractivity contribution in [3.05, 3.63) is 0 Å². The van der Waals surface area contributed by atoms with Crippen molar-refractivity contribution in [1.82, 2.24) is 5.32 Å². The molecule has 88 valence electrons. The SMILES string of the molecule is O=C(NCC(O)C(F)F)C1CCOCC1. The average Bonchev–Trinajstić information content (AvgIpc) is 2.26. The predicted molar refractivity (Wildman–Crippen MR) is 48.6 cm³/mol. The second-order valence-electron chi connectivity index (χ2n) is 3.53. The Hall–Kier alpha value is -0.750. The number of carbonyl (C=O) groups is 1. The molecule has 0 aliphatic carbocycles. The first-order chi connectivity index (χ1) is 7.11. The van der Waals surface area contributed by atoms with Crippen molar-refractivity contribution in [1.29, 1.82) is 0 Å². The summed E-state index contributed by atoms with van der Waals surface area (Å²) >= 11 is 0. The fraction of sp³-hybridized carbons (Fsp3) is 0.889. The minimum atomic E-state index is -2.82. The van der Waals surface area contributed by atoms with Gasteiger partial charge in [0.15, 0.2) is 0 Å². The fourth-order valence-corrected chi connectivity index (χ4v) is 1.40. The molecular formula is C9H15F2NO3. The van der Waals surface area contributed by atoms with Crippen LogP contribution in [-0.4, -0.2) is 43.3 Å². The number of hydrogen-bond acceptors (Lipinski definition) is 3. The van der Waals surface area contributed by atoms with Crippen molar-refractivity contribution in [3.63, 3.8) is 0 Å². The van der Waals surface area contributed by atoms with Gasteiger partial charge in [0.05, 0.1) is 0 Å². The molecule has 1 unspecified atom stereocenters. The maximum absolute atomic E-state index is 11.9. The van der Waals surface area contributed by atoms with Crippen molar-refractivity contribution >= 4 is 5.91 Å². The predicted octanol–water partition coefficient (Wildman–Crippen LogP) is 0.155. The van der Waals surface area contributed by atoms with Crippen LogP contribution in [0.4, 0.5) is 8.78 Å². The Balaban J connectivity index is 2.22. The normalized spacial score (nSPS) is 20.3. The standard InChI is InChI=1S/C9H15F2NO3/c10-8(11)7(13)5-12-9(14)6-1-3-15-4-2-6/h6-8,13H,1-5H2,(H,12,14). The number of carbonyl (C=O) groups excluding carboxylic acids is 1. The highest BCUT2D eigenvalue weighted by molar-refractivity contribution is 5.78. The summed E-state index contributed by atoms with van der Waals surface area (Å²) in [7, 11) is 0. The number of rotatable bonds is 4. The van der Waals surface area contributed by atoms with E-state index in [0.29, 0.717) is 26.1 Å². The molecule has 0 saturated carbocycles. The van der Waals surface area contributed by atoms with Crippen LogP contribution in [0.3, 0.4) is 0 Å². The largest absolute Gasteiger partial charge is 0.385 e. The molecule has 1 atom stereocenters. The average molecular weight is 223 g/mol. The molecule has 2 N–H and O–H groups in total. The molecule has 0 spiro atoms. The number of aliphatic hydroxyl groups is 1. The number of ether oxygens (including phenoxy) is 1. The van der Waals surface area contributed by atoms with E-state index < -0.39 is 19.1 Å². The van der Waals surface area contributed by atoms with Crippen LogP contribution in [-0.2, 0) is 9.53 Å². The third-order valence-electron chi connectivity index (χ3n) is 2.37. The highest BCUT2D eigenvalue weighted by Crippen LogP contribution is 2.14. The van der Waals surface area contributed by atoms with Gasteiger partial charge in [0.1, 0.15) is 6.10 Å². The number of hydrogen-bond donors (Lipinski definition) is 2. The lowest BCUT2D eigenvalue weighted by Gasteiger charge is -2.21. The zero-order valence-corrected chi connectivity index (χ0v) is 8.29. The van der Waals surface area contributed by atoms with E-state index in [2.05, 4.69) is 5.32 Å². The van der Waals surface area contributed by atoms with Crippen LogP contribution in [0.1, 0.15) is 12.8 Å². The molecule has 0 aromatic rings. The number of halogens is 2. The zero-order valence-electron chi connectivity index (χ0n) is 8.29. The highest BCUT2D eigenvalue weighted by Gasteiger charge is 2.23. The molecule has 0 bridgehead atoms. The summed E-state index contributed by atoms with van der Waals surface area (Å²) in [5.74, 6) is -0.457. The van der Waals surface area contributed by atoms with Gasteiger partial charge in [-0.3, -0.25) is 4.79 Å². The first-order valence-electron chi connectivity index (χ1n) is 4.93. The first kappa shape index (κ1) is 12.3. The summed E-state index contributed by atoms with van der Waals surface area (Å²) in [4.78, 5) is 11.4. The second kappa shape index (κ2) is 5.97. The summed E-state index contributed by atoms with van der Waals surface area (Å²) < 4.78 is 28.9. The zero-order chi connectivity index (χ0) is 11.3. The molecule has 15 heavy (non-hydrogen) atoms. The summed E-state index contributed by atoms with van der Waals surface area (Å²) in [5, 5.41) is 11.1. The van der Waals surface area contributed by atoms with Gasteiger partial charge in [0, 0.05) is 25.7 Å². The van der Waals surface area contributed by atoms with Gasteiger partial charge in [-0.25, -0.2) is 8.78 Å². The van der Waals surface area contributed by atoms with E-state index in [1.165, 1.54) is 0 Å². The van der Waals surface area contributed by atoms with Crippen LogP contribution in [0.15, 0.2) is 0 Å². The van der Waals surface area contributed by atoms with Crippen LogP contribution in [0, 0.1) is 5.92 Å². The topological polar surface area (TPSA) is 58.6 Å². The lowest BCUT2D eigenvalue weighted by molar-refractivity contribution is -0.128. The number of alkyl halides is 2. The molecule has 4 nitrogen and oxygen atoms in total. The van der Waals surface area contributed by atoms with E-state index in [9.17, 15) is 13.6 Å². The van der Waals surface area contributed by atoms with Gasteiger partial charge in [0.25, 0.3) is 6.43 Å². The Morgan fingerprint density at radius 1 is 1.47 bits per heavy atom. The van der Waals surface area contributed by atoms with Gasteiger partial charge in [-0.15, -0.1) is 0 Å². The lowest BCUT2D eigenvalue weighted by Crippen LogP contribution is -2.40. The molecular weight excluding hydrogens is 208 g/mol. The highest BCUT2D eigenvalue weighted by atomic mass is 19.3. The van der Waals surface area contributed by atoms with Gasteiger partial charge in [0.2, 0.25) is 5.91 Å². The molecule has 1 fully saturated rings. The minimum absolute atomic E-state index is 0.177. The van der Waals surface area contributed by atoms with Crippen molar-refractivity contribution in [2.24, 2.45) is 5.92 Å². The van der Waals surface area contributed by atoms with Gasteiger partial charge in [-0.05, 0) is 12.8 Å². The van der Waals surface area contributed by atoms with Crippen LogP contribution in [0.5, 0.6) is 0 Å². The molecule has 1 aliphatic heterocycles. The van der Waals surface area contributed by atoms with E-state index in [1.807, 2.05) is 0 Å². The van der Waals surface area contributed by atoms with Crippen LogP contribution < -0.4 is 5.32 Å². The molecule has 1 heterocycles.